The van der Waals surface area contributed by atoms with Crippen LogP contribution in [0.3, 0.4) is 0 Å². The van der Waals surface area contributed by atoms with Gasteiger partial charge in [0.25, 0.3) is 0 Å². The lowest BCUT2D eigenvalue weighted by Crippen LogP contribution is -2.42. The lowest BCUT2D eigenvalue weighted by atomic mass is 9.82. The number of hydrogen-bond donors (Lipinski definition) is 0. The van der Waals surface area contributed by atoms with Gasteiger partial charge in [-0.05, 0) is 52.5 Å². The first-order valence-corrected chi connectivity index (χ1v) is 9.93. The summed E-state index contributed by atoms with van der Waals surface area (Å²) in [6, 6.07) is 0.523. The number of imidazole rings is 1. The fraction of sp³-hybridized carbons (Fsp3) is 0.800. The van der Waals surface area contributed by atoms with Crippen LogP contribution in [0.1, 0.15) is 52.3 Å². The van der Waals surface area contributed by atoms with Gasteiger partial charge >= 0.3 is 0 Å². The van der Waals surface area contributed by atoms with Crippen LogP contribution in [0, 0.1) is 17.8 Å². The van der Waals surface area contributed by atoms with Gasteiger partial charge in [-0.15, -0.1) is 0 Å². The summed E-state index contributed by atoms with van der Waals surface area (Å²) in [5.74, 6) is 2.85. The molecule has 1 aliphatic heterocycles. The highest BCUT2D eigenvalue weighted by Crippen LogP contribution is 2.30. The van der Waals surface area contributed by atoms with E-state index in [1.54, 1.807) is 0 Å². The molecule has 1 fully saturated rings. The molecule has 0 aromatic carbocycles. The number of nitrogens with zero attached hydrogens (tertiary/aromatic N) is 4. The molecular weight excluding hydrogens is 312 g/mol. The van der Waals surface area contributed by atoms with Crippen LogP contribution in [-0.2, 0) is 17.9 Å². The Morgan fingerprint density at radius 3 is 2.68 bits per heavy atom. The minimum Gasteiger partial charge on any atom is -0.335 e. The van der Waals surface area contributed by atoms with Crippen molar-refractivity contribution in [2.45, 2.75) is 65.6 Å². The average Bonchev–Trinajstić information content (AvgIpc) is 2.93. The summed E-state index contributed by atoms with van der Waals surface area (Å²) in [5.41, 5.74) is 0. The Labute approximate surface area is 152 Å². The van der Waals surface area contributed by atoms with Crippen LogP contribution in [0.5, 0.6) is 0 Å². The molecule has 3 rings (SSSR count). The topological polar surface area (TPSA) is 41.4 Å². The van der Waals surface area contributed by atoms with Gasteiger partial charge in [0.2, 0.25) is 5.91 Å². The first-order valence-electron chi connectivity index (χ1n) is 9.93. The second-order valence-corrected chi connectivity index (χ2v) is 8.57. The number of rotatable bonds is 4. The van der Waals surface area contributed by atoms with E-state index in [0.717, 1.165) is 44.2 Å². The first-order chi connectivity index (χ1) is 11.9. The van der Waals surface area contributed by atoms with Gasteiger partial charge in [-0.3, -0.25) is 4.79 Å². The molecule has 1 saturated carbocycles. The third-order valence-electron chi connectivity index (χ3n) is 6.17. The molecule has 5 heteroatoms. The van der Waals surface area contributed by atoms with E-state index < -0.39 is 0 Å². The minimum atomic E-state index is 0.223. The van der Waals surface area contributed by atoms with E-state index in [0.29, 0.717) is 24.4 Å². The van der Waals surface area contributed by atoms with Crippen molar-refractivity contribution in [3.63, 3.8) is 0 Å². The van der Waals surface area contributed by atoms with Gasteiger partial charge in [-0.1, -0.05) is 6.92 Å². The molecule has 0 bridgehead atoms. The second kappa shape index (κ2) is 7.90. The minimum absolute atomic E-state index is 0.223. The number of hydrogen-bond acceptors (Lipinski definition) is 3. The Morgan fingerprint density at radius 1 is 1.28 bits per heavy atom. The van der Waals surface area contributed by atoms with Crippen LogP contribution in [0.2, 0.25) is 0 Å². The Hall–Kier alpha value is -1.36. The van der Waals surface area contributed by atoms with Crippen molar-refractivity contribution in [1.82, 2.24) is 19.4 Å². The van der Waals surface area contributed by atoms with Crippen molar-refractivity contribution in [3.8, 4) is 0 Å². The maximum atomic E-state index is 13.2. The molecule has 0 radical (unpaired) electrons. The molecule has 0 spiro atoms. The zero-order valence-electron chi connectivity index (χ0n) is 16.3. The highest BCUT2D eigenvalue weighted by molar-refractivity contribution is 5.79. The van der Waals surface area contributed by atoms with Gasteiger partial charge in [0, 0.05) is 49.9 Å². The standard InChI is InChI=1S/C20H34N4O/c1-15(2)22(4)11-17-12-23-10-9-21-19(23)14-24(13-17)20(25)18-7-5-16(3)6-8-18/h9-10,15-18H,5-8,11-14H2,1-4H3. The van der Waals surface area contributed by atoms with Crippen molar-refractivity contribution >= 4 is 5.91 Å². The molecule has 25 heavy (non-hydrogen) atoms. The number of carbonyl (C=O) groups is 1. The monoisotopic (exact) mass is 346 g/mol. The number of carbonyl (C=O) groups excluding carboxylic acids is 1. The maximum Gasteiger partial charge on any atom is 0.226 e. The van der Waals surface area contributed by atoms with Gasteiger partial charge in [-0.2, -0.15) is 0 Å². The maximum absolute atomic E-state index is 13.2. The lowest BCUT2D eigenvalue weighted by molar-refractivity contribution is -0.138. The summed E-state index contributed by atoms with van der Waals surface area (Å²) in [4.78, 5) is 22.2. The van der Waals surface area contributed by atoms with E-state index in [9.17, 15) is 4.79 Å². The van der Waals surface area contributed by atoms with Crippen molar-refractivity contribution in [1.29, 1.82) is 0 Å². The van der Waals surface area contributed by atoms with E-state index in [2.05, 4.69) is 53.4 Å². The van der Waals surface area contributed by atoms with E-state index in [1.165, 1.54) is 12.8 Å². The molecule has 1 atom stereocenters. The van der Waals surface area contributed by atoms with Crippen LogP contribution in [0.15, 0.2) is 12.4 Å². The molecule has 1 aliphatic carbocycles. The van der Waals surface area contributed by atoms with Gasteiger partial charge in [0.1, 0.15) is 5.82 Å². The van der Waals surface area contributed by atoms with Crippen molar-refractivity contribution in [3.05, 3.63) is 18.2 Å². The highest BCUT2D eigenvalue weighted by atomic mass is 16.2. The number of amides is 1. The summed E-state index contributed by atoms with van der Waals surface area (Å²) < 4.78 is 2.25. The summed E-state index contributed by atoms with van der Waals surface area (Å²) in [6.07, 6.45) is 8.43. The average molecular weight is 347 g/mol. The molecule has 5 nitrogen and oxygen atoms in total. The third-order valence-corrected chi connectivity index (χ3v) is 6.17. The van der Waals surface area contributed by atoms with Crippen molar-refractivity contribution in [2.75, 3.05) is 20.1 Å². The molecule has 0 N–H and O–H groups in total. The molecule has 2 aliphatic rings. The van der Waals surface area contributed by atoms with E-state index in [4.69, 9.17) is 0 Å². The Morgan fingerprint density at radius 2 is 2.00 bits per heavy atom. The molecule has 1 aromatic heterocycles. The molecular formula is C20H34N4O. The second-order valence-electron chi connectivity index (χ2n) is 8.57. The van der Waals surface area contributed by atoms with Gasteiger partial charge < -0.3 is 14.4 Å². The van der Waals surface area contributed by atoms with Crippen LogP contribution < -0.4 is 0 Å². The first kappa shape index (κ1) is 18.4. The van der Waals surface area contributed by atoms with Crippen LogP contribution in [0.4, 0.5) is 0 Å². The summed E-state index contributed by atoms with van der Waals surface area (Å²) in [6.45, 7) is 10.3. The quantitative estimate of drug-likeness (QED) is 0.841. The van der Waals surface area contributed by atoms with Crippen LogP contribution in [-0.4, -0.2) is 51.4 Å². The van der Waals surface area contributed by atoms with Crippen LogP contribution in [0.25, 0.3) is 0 Å². The normalized spacial score (nSPS) is 27.4. The fourth-order valence-electron chi connectivity index (χ4n) is 4.21. The van der Waals surface area contributed by atoms with Crippen molar-refractivity contribution < 1.29 is 4.79 Å². The molecule has 1 unspecified atom stereocenters. The SMILES string of the molecule is CC1CCC(C(=O)N2Cc3nccn3CC(CN(C)C(C)C)C2)CC1. The Kier molecular flexibility index (Phi) is 5.82. The number of aromatic nitrogens is 2. The lowest BCUT2D eigenvalue weighted by Gasteiger charge is -2.33. The smallest absolute Gasteiger partial charge is 0.226 e. The predicted octanol–water partition coefficient (Wildman–Crippen LogP) is 3.01. The Bertz CT molecular complexity index is 574. The third kappa shape index (κ3) is 4.43. The van der Waals surface area contributed by atoms with Gasteiger partial charge in [0.05, 0.1) is 6.54 Å². The summed E-state index contributed by atoms with van der Waals surface area (Å²) in [5, 5.41) is 0. The zero-order chi connectivity index (χ0) is 18.0. The number of fused-ring (bicyclic) bond motifs is 1. The summed E-state index contributed by atoms with van der Waals surface area (Å²) in [7, 11) is 2.18. The molecule has 1 amide bonds. The van der Waals surface area contributed by atoms with Gasteiger partial charge in [-0.25, -0.2) is 4.98 Å². The fourth-order valence-corrected chi connectivity index (χ4v) is 4.21. The van der Waals surface area contributed by atoms with E-state index in [1.807, 2.05) is 6.20 Å². The van der Waals surface area contributed by atoms with E-state index >= 15 is 0 Å². The molecule has 1 aromatic rings. The summed E-state index contributed by atoms with van der Waals surface area (Å²) >= 11 is 0. The highest BCUT2D eigenvalue weighted by Gasteiger charge is 2.32. The molecule has 0 saturated heterocycles. The molecule has 140 valence electrons. The van der Waals surface area contributed by atoms with E-state index in [-0.39, 0.29) is 5.92 Å². The molecule has 2 heterocycles. The zero-order valence-corrected chi connectivity index (χ0v) is 16.3. The van der Waals surface area contributed by atoms with Crippen LogP contribution >= 0.6 is 0 Å². The Balaban J connectivity index is 1.72. The largest absolute Gasteiger partial charge is 0.335 e. The predicted molar refractivity (Wildman–Crippen MR) is 100 cm³/mol. The van der Waals surface area contributed by atoms with Gasteiger partial charge in [0.15, 0.2) is 0 Å². The van der Waals surface area contributed by atoms with Crippen molar-refractivity contribution in [2.24, 2.45) is 17.8 Å².